The molecule has 1 aliphatic carbocycles. The van der Waals surface area contributed by atoms with Gasteiger partial charge in [-0.2, -0.15) is 4.98 Å². The molecular weight excluding hydrogens is 268 g/mol. The summed E-state index contributed by atoms with van der Waals surface area (Å²) in [5.74, 6) is 0.327. The summed E-state index contributed by atoms with van der Waals surface area (Å²) in [5.41, 5.74) is 5.58. The van der Waals surface area contributed by atoms with E-state index < -0.39 is 5.97 Å². The van der Waals surface area contributed by atoms with Gasteiger partial charge < -0.3 is 16.2 Å². The number of carboxylic acids is 1. The second-order valence-electron chi connectivity index (χ2n) is 4.88. The van der Waals surface area contributed by atoms with Crippen LogP contribution in [0.3, 0.4) is 0 Å². The summed E-state index contributed by atoms with van der Waals surface area (Å²) >= 11 is 5.79. The van der Waals surface area contributed by atoms with Crippen LogP contribution >= 0.6 is 11.6 Å². The Hall–Kier alpha value is -1.56. The van der Waals surface area contributed by atoms with E-state index in [0.717, 1.165) is 25.7 Å². The first-order chi connectivity index (χ1) is 9.04. The van der Waals surface area contributed by atoms with Crippen molar-refractivity contribution in [2.24, 2.45) is 11.8 Å². The van der Waals surface area contributed by atoms with E-state index in [4.69, 9.17) is 22.4 Å². The van der Waals surface area contributed by atoms with E-state index in [9.17, 15) is 4.79 Å². The number of nitrogens with two attached hydrogens (primary N) is 1. The molecule has 7 heteroatoms. The molecule has 0 saturated heterocycles. The zero-order valence-electron chi connectivity index (χ0n) is 10.5. The van der Waals surface area contributed by atoms with Crippen LogP contribution in [0.2, 0.25) is 5.15 Å². The first-order valence-corrected chi connectivity index (χ1v) is 6.69. The van der Waals surface area contributed by atoms with E-state index in [1.165, 1.54) is 6.07 Å². The fourth-order valence-corrected chi connectivity index (χ4v) is 2.56. The van der Waals surface area contributed by atoms with Gasteiger partial charge in [0.15, 0.2) is 0 Å². The van der Waals surface area contributed by atoms with E-state index in [1.54, 1.807) is 0 Å². The topological polar surface area (TPSA) is 101 Å². The predicted molar refractivity (Wildman–Crippen MR) is 73.0 cm³/mol. The second-order valence-corrected chi connectivity index (χ2v) is 5.26. The van der Waals surface area contributed by atoms with Gasteiger partial charge in [0.05, 0.1) is 5.92 Å². The van der Waals surface area contributed by atoms with Crippen molar-refractivity contribution in [1.29, 1.82) is 0 Å². The summed E-state index contributed by atoms with van der Waals surface area (Å²) in [6.45, 7) is 0.714. The molecule has 1 fully saturated rings. The maximum absolute atomic E-state index is 10.9. The van der Waals surface area contributed by atoms with Gasteiger partial charge in [-0.25, -0.2) is 4.98 Å². The van der Waals surface area contributed by atoms with Crippen molar-refractivity contribution >= 4 is 29.3 Å². The third-order valence-electron chi connectivity index (χ3n) is 3.46. The molecule has 0 unspecified atom stereocenters. The van der Waals surface area contributed by atoms with Crippen LogP contribution in [0.4, 0.5) is 11.8 Å². The summed E-state index contributed by atoms with van der Waals surface area (Å²) in [6.07, 6.45) is 3.28. The van der Waals surface area contributed by atoms with Crippen molar-refractivity contribution in [3.63, 3.8) is 0 Å². The third-order valence-corrected chi connectivity index (χ3v) is 3.65. The number of aromatic nitrogens is 2. The van der Waals surface area contributed by atoms with Gasteiger partial charge in [-0.15, -0.1) is 0 Å². The molecule has 104 valence electrons. The zero-order chi connectivity index (χ0) is 13.8. The Bertz CT molecular complexity index is 441. The van der Waals surface area contributed by atoms with Gasteiger partial charge in [-0.05, 0) is 31.6 Å². The van der Waals surface area contributed by atoms with Gasteiger partial charge in [-0.3, -0.25) is 4.79 Å². The molecule has 0 radical (unpaired) electrons. The Morgan fingerprint density at radius 1 is 1.42 bits per heavy atom. The van der Waals surface area contributed by atoms with Crippen molar-refractivity contribution in [2.75, 3.05) is 17.6 Å². The van der Waals surface area contributed by atoms with Crippen molar-refractivity contribution < 1.29 is 9.90 Å². The summed E-state index contributed by atoms with van der Waals surface area (Å²) < 4.78 is 0. The molecule has 4 N–H and O–H groups in total. The SMILES string of the molecule is Nc1cc(Cl)nc(NC[C@H]2CC[C@H](C(=O)O)CC2)n1. The molecule has 1 aromatic heterocycles. The number of rotatable bonds is 4. The molecule has 0 atom stereocenters. The molecule has 1 heterocycles. The summed E-state index contributed by atoms with van der Waals surface area (Å²) in [5, 5.41) is 12.3. The number of hydrogen-bond acceptors (Lipinski definition) is 5. The largest absolute Gasteiger partial charge is 0.481 e. The van der Waals surface area contributed by atoms with Crippen LogP contribution in [-0.2, 0) is 4.79 Å². The second kappa shape index (κ2) is 6.06. The van der Waals surface area contributed by atoms with Gasteiger partial charge in [0.2, 0.25) is 5.95 Å². The molecule has 0 aromatic carbocycles. The van der Waals surface area contributed by atoms with Crippen LogP contribution in [0, 0.1) is 11.8 Å². The Morgan fingerprint density at radius 3 is 2.68 bits per heavy atom. The van der Waals surface area contributed by atoms with E-state index in [-0.39, 0.29) is 5.92 Å². The highest BCUT2D eigenvalue weighted by Crippen LogP contribution is 2.29. The monoisotopic (exact) mass is 284 g/mol. The Labute approximate surface area is 116 Å². The molecule has 1 saturated carbocycles. The fourth-order valence-electron chi connectivity index (χ4n) is 2.36. The van der Waals surface area contributed by atoms with Crippen molar-refractivity contribution in [3.8, 4) is 0 Å². The molecule has 19 heavy (non-hydrogen) atoms. The van der Waals surface area contributed by atoms with E-state index in [1.807, 2.05) is 0 Å². The molecule has 0 bridgehead atoms. The minimum Gasteiger partial charge on any atom is -0.481 e. The average Bonchev–Trinajstić information content (AvgIpc) is 2.36. The molecule has 0 amide bonds. The lowest BCUT2D eigenvalue weighted by Crippen LogP contribution is -2.25. The normalized spacial score (nSPS) is 23.0. The minimum absolute atomic E-state index is 0.186. The molecule has 6 nitrogen and oxygen atoms in total. The van der Waals surface area contributed by atoms with Crippen LogP contribution in [0.25, 0.3) is 0 Å². The van der Waals surface area contributed by atoms with Gasteiger partial charge in [-0.1, -0.05) is 11.6 Å². The predicted octanol–water partition coefficient (Wildman–Crippen LogP) is 2.02. The number of nitrogens with zero attached hydrogens (tertiary/aromatic N) is 2. The lowest BCUT2D eigenvalue weighted by Gasteiger charge is -2.26. The number of nitrogen functional groups attached to an aromatic ring is 1. The summed E-state index contributed by atoms with van der Waals surface area (Å²) in [4.78, 5) is 18.9. The number of hydrogen-bond donors (Lipinski definition) is 3. The van der Waals surface area contributed by atoms with Gasteiger partial charge in [0, 0.05) is 12.6 Å². The molecule has 2 rings (SSSR count). The minimum atomic E-state index is -0.683. The summed E-state index contributed by atoms with van der Waals surface area (Å²) in [6, 6.07) is 1.49. The Kier molecular flexibility index (Phi) is 4.42. The highest BCUT2D eigenvalue weighted by molar-refractivity contribution is 6.29. The van der Waals surface area contributed by atoms with Crippen LogP contribution in [-0.4, -0.2) is 27.6 Å². The smallest absolute Gasteiger partial charge is 0.306 e. The number of carbonyl (C=O) groups is 1. The zero-order valence-corrected chi connectivity index (χ0v) is 11.2. The number of aliphatic carboxylic acids is 1. The number of halogens is 1. The highest BCUT2D eigenvalue weighted by atomic mass is 35.5. The molecule has 1 aliphatic rings. The third kappa shape index (κ3) is 3.96. The molecule has 0 aliphatic heterocycles. The lowest BCUT2D eigenvalue weighted by atomic mass is 9.82. The Balaban J connectivity index is 1.82. The van der Waals surface area contributed by atoms with Crippen LogP contribution < -0.4 is 11.1 Å². The fraction of sp³-hybridized carbons (Fsp3) is 0.583. The first kappa shape index (κ1) is 13.9. The van der Waals surface area contributed by atoms with Crippen LogP contribution in [0.1, 0.15) is 25.7 Å². The van der Waals surface area contributed by atoms with Gasteiger partial charge >= 0.3 is 5.97 Å². The standard InChI is InChI=1S/C12H17ClN4O2/c13-9-5-10(14)17-12(16-9)15-6-7-1-3-8(4-2-7)11(18)19/h5,7-8H,1-4,6H2,(H,18,19)(H3,14,15,16,17)/t7-,8-. The van der Waals surface area contributed by atoms with E-state index in [0.29, 0.717) is 29.4 Å². The van der Waals surface area contributed by atoms with Crippen LogP contribution in [0.5, 0.6) is 0 Å². The van der Waals surface area contributed by atoms with Crippen LogP contribution in [0.15, 0.2) is 6.07 Å². The van der Waals surface area contributed by atoms with Gasteiger partial charge in [0.1, 0.15) is 11.0 Å². The molecular formula is C12H17ClN4O2. The summed E-state index contributed by atoms with van der Waals surface area (Å²) in [7, 11) is 0. The first-order valence-electron chi connectivity index (χ1n) is 6.31. The lowest BCUT2D eigenvalue weighted by molar-refractivity contribution is -0.143. The Morgan fingerprint density at radius 2 is 2.11 bits per heavy atom. The van der Waals surface area contributed by atoms with E-state index in [2.05, 4.69) is 15.3 Å². The molecule has 1 aromatic rings. The number of nitrogens with one attached hydrogen (secondary N) is 1. The number of carboxylic acid groups (broad SMARTS) is 1. The van der Waals surface area contributed by atoms with Gasteiger partial charge in [0.25, 0.3) is 0 Å². The molecule has 0 spiro atoms. The maximum Gasteiger partial charge on any atom is 0.306 e. The quantitative estimate of drug-likeness (QED) is 0.731. The van der Waals surface area contributed by atoms with Crippen molar-refractivity contribution in [2.45, 2.75) is 25.7 Å². The van der Waals surface area contributed by atoms with Crippen molar-refractivity contribution in [1.82, 2.24) is 9.97 Å². The average molecular weight is 285 g/mol. The van der Waals surface area contributed by atoms with Crippen molar-refractivity contribution in [3.05, 3.63) is 11.2 Å². The maximum atomic E-state index is 10.9. The number of anilines is 2. The van der Waals surface area contributed by atoms with E-state index >= 15 is 0 Å². The highest BCUT2D eigenvalue weighted by Gasteiger charge is 2.25.